The quantitative estimate of drug-likeness (QED) is 0.531. The zero-order valence-electron chi connectivity index (χ0n) is 21.1. The maximum absolute atomic E-state index is 14.1. The number of piperazine rings is 1. The summed E-state index contributed by atoms with van der Waals surface area (Å²) in [4.78, 5) is 26.3. The van der Waals surface area contributed by atoms with E-state index < -0.39 is 28.5 Å². The van der Waals surface area contributed by atoms with E-state index >= 15 is 0 Å². The molecule has 38 heavy (non-hydrogen) atoms. The van der Waals surface area contributed by atoms with E-state index in [9.17, 15) is 22.0 Å². The summed E-state index contributed by atoms with van der Waals surface area (Å²) in [5.41, 5.74) is 3.07. The highest BCUT2D eigenvalue weighted by Gasteiger charge is 2.45. The van der Waals surface area contributed by atoms with Crippen LogP contribution < -0.4 is 4.90 Å². The number of aromatic amines is 1. The van der Waals surface area contributed by atoms with Crippen LogP contribution in [0, 0.1) is 0 Å². The van der Waals surface area contributed by atoms with Gasteiger partial charge in [-0.05, 0) is 49.9 Å². The number of carbonyl (C=O) groups excluding carboxylic acids is 1. The van der Waals surface area contributed by atoms with Crippen LogP contribution in [-0.4, -0.2) is 103 Å². The maximum Gasteiger partial charge on any atom is 0.266 e. The summed E-state index contributed by atoms with van der Waals surface area (Å²) in [5, 5.41) is 0. The smallest absolute Gasteiger partial charge is 0.266 e. The Balaban J connectivity index is 1.35. The number of nitrogens with zero attached hydrogens (tertiary/aromatic N) is 5. The molecular weight excluding hydrogens is 514 g/mol. The molecule has 12 heteroatoms. The standard InChI is InChI=1S/C26H30F2N6O3S/c1-31-11-13-32(14-12-31)25(35)24-6-9-34(24)38(36,37)18-4-5-23(33-10-7-26(27,28)17-33)19(15-18)21-16-22-20(30-21)3-2-8-29-22/h2-5,8,15-16,24,30H,6-7,9-14,17H2,1H3/t24-/m0/s1. The Morgan fingerprint density at radius 1 is 1.08 bits per heavy atom. The van der Waals surface area contributed by atoms with Crippen molar-refractivity contribution in [2.24, 2.45) is 0 Å². The Bertz CT molecular complexity index is 1450. The highest BCUT2D eigenvalue weighted by Crippen LogP contribution is 2.40. The van der Waals surface area contributed by atoms with Crippen molar-refractivity contribution in [3.8, 4) is 11.3 Å². The molecule has 1 atom stereocenters. The Kier molecular flexibility index (Phi) is 6.15. The Morgan fingerprint density at radius 2 is 1.87 bits per heavy atom. The van der Waals surface area contributed by atoms with E-state index in [-0.39, 0.29) is 30.3 Å². The number of aromatic nitrogens is 2. The number of fused-ring (bicyclic) bond motifs is 1. The fraction of sp³-hybridized carbons (Fsp3) is 0.462. The van der Waals surface area contributed by atoms with Crippen LogP contribution >= 0.6 is 0 Å². The number of hydrogen-bond acceptors (Lipinski definition) is 6. The van der Waals surface area contributed by atoms with E-state index in [4.69, 9.17) is 0 Å². The summed E-state index contributed by atoms with van der Waals surface area (Å²) >= 11 is 0. The van der Waals surface area contributed by atoms with Crippen molar-refractivity contribution in [3.63, 3.8) is 0 Å². The van der Waals surface area contributed by atoms with Crippen LogP contribution in [0.25, 0.3) is 22.3 Å². The van der Waals surface area contributed by atoms with Gasteiger partial charge in [-0.2, -0.15) is 4.31 Å². The summed E-state index contributed by atoms with van der Waals surface area (Å²) in [7, 11) is -1.99. The molecule has 3 aromatic rings. The number of rotatable bonds is 5. The van der Waals surface area contributed by atoms with Gasteiger partial charge in [-0.15, -0.1) is 0 Å². The summed E-state index contributed by atoms with van der Waals surface area (Å²) in [6, 6.07) is 9.29. The van der Waals surface area contributed by atoms with Gasteiger partial charge in [-0.25, -0.2) is 17.2 Å². The van der Waals surface area contributed by atoms with Crippen LogP contribution in [0.1, 0.15) is 12.8 Å². The first kappa shape index (κ1) is 25.2. The molecule has 6 rings (SSSR count). The van der Waals surface area contributed by atoms with Crippen LogP contribution in [0.15, 0.2) is 47.5 Å². The molecule has 0 spiro atoms. The number of benzene rings is 1. The van der Waals surface area contributed by atoms with Gasteiger partial charge in [0.2, 0.25) is 15.9 Å². The molecule has 5 heterocycles. The first-order valence-electron chi connectivity index (χ1n) is 12.8. The number of alkyl halides is 2. The number of likely N-dealkylation sites (N-methyl/N-ethyl adjacent to an activating group) is 1. The van der Waals surface area contributed by atoms with Gasteiger partial charge in [0.1, 0.15) is 6.04 Å². The van der Waals surface area contributed by atoms with Crippen molar-refractivity contribution in [3.05, 3.63) is 42.6 Å². The van der Waals surface area contributed by atoms with Crippen molar-refractivity contribution >= 4 is 32.7 Å². The normalized spacial score (nSPS) is 22.7. The van der Waals surface area contributed by atoms with Crippen molar-refractivity contribution < 1.29 is 22.0 Å². The van der Waals surface area contributed by atoms with E-state index in [0.29, 0.717) is 42.0 Å². The summed E-state index contributed by atoms with van der Waals surface area (Å²) in [6.45, 7) is 2.66. The van der Waals surface area contributed by atoms with Gasteiger partial charge in [0.15, 0.2) is 0 Å². The molecule has 9 nitrogen and oxygen atoms in total. The van der Waals surface area contributed by atoms with Crippen molar-refractivity contribution in [2.75, 3.05) is 57.8 Å². The second kappa shape index (κ2) is 9.28. The summed E-state index contributed by atoms with van der Waals surface area (Å²) in [6.07, 6.45) is 1.88. The minimum Gasteiger partial charge on any atom is -0.365 e. The average Bonchev–Trinajstić information content (AvgIpc) is 3.46. The second-order valence-electron chi connectivity index (χ2n) is 10.4. The molecule has 0 saturated carbocycles. The Morgan fingerprint density at radius 3 is 2.53 bits per heavy atom. The SMILES string of the molecule is CN1CCN(C(=O)[C@@H]2CCN2S(=O)(=O)c2ccc(N3CCC(F)(F)C3)c(-c3cc4ncccc4[nH]3)c2)CC1. The summed E-state index contributed by atoms with van der Waals surface area (Å²) in [5.74, 6) is -2.97. The van der Waals surface area contributed by atoms with Gasteiger partial charge in [0.25, 0.3) is 5.92 Å². The summed E-state index contributed by atoms with van der Waals surface area (Å²) < 4.78 is 57.0. The third kappa shape index (κ3) is 4.44. The van der Waals surface area contributed by atoms with Gasteiger partial charge in [0, 0.05) is 63.1 Å². The molecule has 0 aliphatic carbocycles. The van der Waals surface area contributed by atoms with E-state index in [1.165, 1.54) is 16.4 Å². The van der Waals surface area contributed by atoms with Crippen LogP contribution in [0.4, 0.5) is 14.5 Å². The predicted molar refractivity (Wildman–Crippen MR) is 140 cm³/mol. The number of anilines is 1. The van der Waals surface area contributed by atoms with Crippen LogP contribution in [0.2, 0.25) is 0 Å². The van der Waals surface area contributed by atoms with Gasteiger partial charge in [-0.3, -0.25) is 9.78 Å². The molecule has 1 aromatic carbocycles. The Hall–Kier alpha value is -3.09. The molecule has 0 unspecified atom stereocenters. The molecule has 3 fully saturated rings. The van der Waals surface area contributed by atoms with Gasteiger partial charge >= 0.3 is 0 Å². The molecule has 2 aromatic heterocycles. The second-order valence-corrected chi connectivity index (χ2v) is 12.3. The van der Waals surface area contributed by atoms with Gasteiger partial charge < -0.3 is 19.7 Å². The lowest BCUT2D eigenvalue weighted by Crippen LogP contribution is -2.61. The third-order valence-electron chi connectivity index (χ3n) is 7.83. The number of sulfonamides is 1. The highest BCUT2D eigenvalue weighted by atomic mass is 32.2. The van der Waals surface area contributed by atoms with Crippen LogP contribution in [0.3, 0.4) is 0 Å². The molecular formula is C26H30F2N6O3S. The largest absolute Gasteiger partial charge is 0.365 e. The van der Waals surface area contributed by atoms with Crippen molar-refractivity contribution in [2.45, 2.75) is 29.7 Å². The average molecular weight is 545 g/mol. The first-order valence-corrected chi connectivity index (χ1v) is 14.3. The highest BCUT2D eigenvalue weighted by molar-refractivity contribution is 7.89. The monoisotopic (exact) mass is 544 g/mol. The number of carbonyl (C=O) groups is 1. The number of hydrogen-bond donors (Lipinski definition) is 1. The number of H-pyrrole nitrogens is 1. The minimum atomic E-state index is -3.99. The first-order chi connectivity index (χ1) is 18.1. The maximum atomic E-state index is 14.1. The lowest BCUT2D eigenvalue weighted by Gasteiger charge is -2.42. The minimum absolute atomic E-state index is 0.0321. The number of nitrogens with one attached hydrogen (secondary N) is 1. The number of pyridine rings is 1. The zero-order chi connectivity index (χ0) is 26.7. The molecule has 3 aliphatic rings. The molecule has 0 bridgehead atoms. The van der Waals surface area contributed by atoms with Gasteiger partial charge in [0.05, 0.1) is 28.2 Å². The third-order valence-corrected chi connectivity index (χ3v) is 9.74. The number of halogens is 2. The number of amides is 1. The van der Waals surface area contributed by atoms with Crippen molar-refractivity contribution in [1.29, 1.82) is 0 Å². The topological polar surface area (TPSA) is 92.8 Å². The zero-order valence-corrected chi connectivity index (χ0v) is 21.9. The fourth-order valence-corrected chi connectivity index (χ4v) is 7.13. The van der Waals surface area contributed by atoms with Crippen molar-refractivity contribution in [1.82, 2.24) is 24.1 Å². The van der Waals surface area contributed by atoms with E-state index in [1.54, 1.807) is 34.2 Å². The molecule has 0 radical (unpaired) electrons. The molecule has 1 amide bonds. The van der Waals surface area contributed by atoms with E-state index in [2.05, 4.69) is 14.9 Å². The lowest BCUT2D eigenvalue weighted by molar-refractivity contribution is -0.140. The van der Waals surface area contributed by atoms with Crippen LogP contribution in [0.5, 0.6) is 0 Å². The fourth-order valence-electron chi connectivity index (χ4n) is 5.48. The van der Waals surface area contributed by atoms with E-state index in [1.807, 2.05) is 13.1 Å². The Labute approximate surface area is 220 Å². The molecule has 3 aliphatic heterocycles. The van der Waals surface area contributed by atoms with E-state index in [0.717, 1.165) is 18.6 Å². The van der Waals surface area contributed by atoms with Crippen LogP contribution in [-0.2, 0) is 14.8 Å². The predicted octanol–water partition coefficient (Wildman–Crippen LogP) is 2.61. The molecule has 202 valence electrons. The lowest BCUT2D eigenvalue weighted by atomic mass is 10.1. The molecule has 1 N–H and O–H groups in total. The van der Waals surface area contributed by atoms with Gasteiger partial charge in [-0.1, -0.05) is 0 Å². The molecule has 3 saturated heterocycles.